The number of hydrogen-bond acceptors (Lipinski definition) is 4. The van der Waals surface area contributed by atoms with E-state index in [1.165, 1.54) is 18.1 Å². The minimum absolute atomic E-state index is 0.0579. The van der Waals surface area contributed by atoms with E-state index in [0.29, 0.717) is 11.8 Å². The van der Waals surface area contributed by atoms with E-state index in [4.69, 9.17) is 4.74 Å². The molecule has 0 bridgehead atoms. The minimum Gasteiger partial charge on any atom is -0.458 e. The van der Waals surface area contributed by atoms with Crippen LogP contribution in [0.15, 0.2) is 35.5 Å². The minimum atomic E-state index is -0.383. The lowest BCUT2D eigenvalue weighted by atomic mass is 9.50. The van der Waals surface area contributed by atoms with Gasteiger partial charge in [0.05, 0.1) is 0 Å². The smallest absolute Gasteiger partial charge is 0.303 e. The Bertz CT molecular complexity index is 954. The Morgan fingerprint density at radius 3 is 2.73 bits per heavy atom. The van der Waals surface area contributed by atoms with Crippen LogP contribution in [0.3, 0.4) is 0 Å². The number of allylic oxidation sites excluding steroid dienone is 6. The van der Waals surface area contributed by atoms with Gasteiger partial charge in [-0.1, -0.05) is 37.1 Å². The molecule has 0 aliphatic heterocycles. The molecule has 160 valence electrons. The highest BCUT2D eigenvalue weighted by Crippen LogP contribution is 2.86. The van der Waals surface area contributed by atoms with Gasteiger partial charge in [0.15, 0.2) is 18.2 Å². The third-order valence-corrected chi connectivity index (χ3v) is 9.87. The quantitative estimate of drug-likeness (QED) is 0.498. The van der Waals surface area contributed by atoms with Gasteiger partial charge < -0.3 is 4.74 Å². The number of carbonyl (C=O) groups is 3. The number of hydrogen-bond donors (Lipinski definition) is 0. The normalized spacial score (nSPS) is 45.4. The summed E-state index contributed by atoms with van der Waals surface area (Å²) in [6.07, 6.45) is 14.0. The van der Waals surface area contributed by atoms with Gasteiger partial charge in [-0.15, -0.1) is 0 Å². The Morgan fingerprint density at radius 1 is 1.27 bits per heavy atom. The van der Waals surface area contributed by atoms with Gasteiger partial charge in [-0.3, -0.25) is 14.4 Å². The largest absolute Gasteiger partial charge is 0.458 e. The van der Waals surface area contributed by atoms with Gasteiger partial charge in [0.25, 0.3) is 0 Å². The molecule has 0 amide bonds. The van der Waals surface area contributed by atoms with Crippen molar-refractivity contribution < 1.29 is 19.1 Å². The Balaban J connectivity index is 1.54. The number of ketones is 2. The molecule has 2 unspecified atom stereocenters. The highest BCUT2D eigenvalue weighted by molar-refractivity contribution is 6.01. The maximum absolute atomic E-state index is 13.5. The zero-order valence-corrected chi connectivity index (χ0v) is 18.5. The molecule has 0 aromatic carbocycles. The van der Waals surface area contributed by atoms with Crippen LogP contribution in [0, 0.1) is 33.5 Å². The van der Waals surface area contributed by atoms with Crippen LogP contribution in [0.1, 0.15) is 66.2 Å². The summed E-state index contributed by atoms with van der Waals surface area (Å²) >= 11 is 0. The van der Waals surface area contributed by atoms with Gasteiger partial charge in [0.2, 0.25) is 0 Å². The number of rotatable bonds is 4. The first-order chi connectivity index (χ1) is 14.1. The molecular weight excluding hydrogens is 376 g/mol. The molecule has 0 radical (unpaired) electrons. The third kappa shape index (κ3) is 2.20. The van der Waals surface area contributed by atoms with Crippen molar-refractivity contribution in [2.24, 2.45) is 33.5 Å². The zero-order chi connectivity index (χ0) is 21.5. The van der Waals surface area contributed by atoms with Crippen LogP contribution in [0.5, 0.6) is 0 Å². The van der Waals surface area contributed by atoms with Crippen molar-refractivity contribution in [2.75, 3.05) is 6.61 Å². The number of carbonyl (C=O) groups excluding carboxylic acids is 3. The molecule has 0 heterocycles. The van der Waals surface area contributed by atoms with Crippen LogP contribution in [0.25, 0.3) is 0 Å². The van der Waals surface area contributed by atoms with E-state index in [0.717, 1.165) is 38.5 Å². The molecule has 5 aliphatic carbocycles. The summed E-state index contributed by atoms with van der Waals surface area (Å²) in [5.41, 5.74) is 2.17. The first kappa shape index (κ1) is 20.0. The molecule has 3 saturated carbocycles. The second-order valence-electron chi connectivity index (χ2n) is 10.8. The molecule has 0 aromatic rings. The molecular formula is C26H32O4. The first-order valence-corrected chi connectivity index (χ1v) is 11.4. The molecule has 0 N–H and O–H groups in total. The fourth-order valence-electron chi connectivity index (χ4n) is 8.26. The van der Waals surface area contributed by atoms with Crippen LogP contribution in [0.4, 0.5) is 0 Å². The van der Waals surface area contributed by atoms with E-state index < -0.39 is 0 Å². The van der Waals surface area contributed by atoms with Crippen molar-refractivity contribution in [3.05, 3.63) is 35.5 Å². The van der Waals surface area contributed by atoms with Crippen molar-refractivity contribution in [1.82, 2.24) is 0 Å². The molecule has 0 saturated heterocycles. The van der Waals surface area contributed by atoms with Gasteiger partial charge in [0, 0.05) is 17.8 Å². The van der Waals surface area contributed by atoms with Gasteiger partial charge >= 0.3 is 5.97 Å². The number of ether oxygens (including phenoxy) is 1. The van der Waals surface area contributed by atoms with Crippen molar-refractivity contribution in [3.63, 3.8) is 0 Å². The predicted octanol–water partition coefficient (Wildman–Crippen LogP) is 4.74. The highest BCUT2D eigenvalue weighted by atomic mass is 16.5. The van der Waals surface area contributed by atoms with E-state index in [2.05, 4.69) is 32.9 Å². The Morgan fingerprint density at radius 2 is 2.03 bits per heavy atom. The van der Waals surface area contributed by atoms with E-state index in [1.807, 2.05) is 6.08 Å². The summed E-state index contributed by atoms with van der Waals surface area (Å²) in [5, 5.41) is 0. The number of fused-ring (bicyclic) bond motifs is 7. The SMILES string of the molecule is CC[C@]12CC3C4CCC5=CC(=O)C=C[C@]5(C)C4=CC[C@]3(C)[C@]1(C(=O)COC(C)=O)C2. The van der Waals surface area contributed by atoms with Crippen LogP contribution >= 0.6 is 0 Å². The Kier molecular flexibility index (Phi) is 4.02. The second-order valence-corrected chi connectivity index (χ2v) is 10.8. The molecule has 4 heteroatoms. The third-order valence-electron chi connectivity index (χ3n) is 9.87. The maximum atomic E-state index is 13.5. The summed E-state index contributed by atoms with van der Waals surface area (Å²) in [4.78, 5) is 36.8. The Labute approximate surface area is 178 Å². The Hall–Kier alpha value is -1.97. The molecule has 4 nitrogen and oxygen atoms in total. The van der Waals surface area contributed by atoms with E-state index in [1.54, 1.807) is 6.08 Å². The van der Waals surface area contributed by atoms with Crippen molar-refractivity contribution in [1.29, 1.82) is 0 Å². The summed E-state index contributed by atoms with van der Waals surface area (Å²) < 4.78 is 5.17. The fraction of sp³-hybridized carbons (Fsp3) is 0.654. The fourth-order valence-corrected chi connectivity index (χ4v) is 8.26. The standard InChI is InChI=1S/C26H32O4/c1-5-25-13-21-19-7-6-17-12-18(28)8-10-23(17,3)20(19)9-11-24(21,4)26(25,15-25)22(29)14-30-16(2)27/h8-10,12,19,21H,5-7,11,13-15H2,1-4H3/t19?,21?,23-,24-,25+,26+/m0/s1. The summed E-state index contributed by atoms with van der Waals surface area (Å²) in [7, 11) is 0. The van der Waals surface area contributed by atoms with Crippen molar-refractivity contribution >= 4 is 17.5 Å². The molecule has 5 aliphatic rings. The van der Waals surface area contributed by atoms with Gasteiger partial charge in [-0.05, 0) is 80.3 Å². The lowest BCUT2D eigenvalue weighted by molar-refractivity contribution is -0.150. The van der Waals surface area contributed by atoms with Crippen LogP contribution in [-0.2, 0) is 19.1 Å². The first-order valence-electron chi connectivity index (χ1n) is 11.4. The van der Waals surface area contributed by atoms with E-state index >= 15 is 0 Å². The highest BCUT2D eigenvalue weighted by Gasteiger charge is 2.83. The average Bonchev–Trinajstić information content (AvgIpc) is 3.34. The molecule has 6 atom stereocenters. The van der Waals surface area contributed by atoms with Gasteiger partial charge in [0.1, 0.15) is 0 Å². The molecule has 3 fully saturated rings. The monoisotopic (exact) mass is 408 g/mol. The van der Waals surface area contributed by atoms with Gasteiger partial charge in [-0.25, -0.2) is 0 Å². The second kappa shape index (κ2) is 6.05. The summed E-state index contributed by atoms with van der Waals surface area (Å²) in [6.45, 7) is 8.09. The van der Waals surface area contributed by atoms with Crippen molar-refractivity contribution in [2.45, 2.75) is 66.2 Å². The average molecular weight is 409 g/mol. The van der Waals surface area contributed by atoms with Crippen LogP contribution < -0.4 is 0 Å². The van der Waals surface area contributed by atoms with E-state index in [-0.39, 0.29) is 45.8 Å². The number of esters is 1. The molecule has 0 spiro atoms. The van der Waals surface area contributed by atoms with Crippen LogP contribution in [-0.4, -0.2) is 24.1 Å². The lowest BCUT2D eigenvalue weighted by Crippen LogP contribution is -2.47. The number of Topliss-reactive ketones (excluding diaryl/α,β-unsaturated/α-hetero) is 1. The summed E-state index contributed by atoms with van der Waals surface area (Å²) in [5.74, 6) is 0.776. The summed E-state index contributed by atoms with van der Waals surface area (Å²) in [6, 6.07) is 0. The van der Waals surface area contributed by atoms with Gasteiger partial charge in [-0.2, -0.15) is 0 Å². The molecule has 30 heavy (non-hydrogen) atoms. The van der Waals surface area contributed by atoms with E-state index in [9.17, 15) is 14.4 Å². The topological polar surface area (TPSA) is 60.4 Å². The molecule has 5 rings (SSSR count). The predicted molar refractivity (Wildman–Crippen MR) is 113 cm³/mol. The maximum Gasteiger partial charge on any atom is 0.303 e. The lowest BCUT2D eigenvalue weighted by Gasteiger charge is -2.53. The molecule has 0 aromatic heterocycles. The van der Waals surface area contributed by atoms with Crippen LogP contribution in [0.2, 0.25) is 0 Å². The zero-order valence-electron chi connectivity index (χ0n) is 18.5. The van der Waals surface area contributed by atoms with Crippen molar-refractivity contribution in [3.8, 4) is 0 Å².